The van der Waals surface area contributed by atoms with Gasteiger partial charge in [-0.3, -0.25) is 24.1 Å². The van der Waals surface area contributed by atoms with Crippen LogP contribution in [0.5, 0.6) is 0 Å². The molecule has 0 atom stereocenters. The lowest BCUT2D eigenvalue weighted by Gasteiger charge is -2.12. The van der Waals surface area contributed by atoms with E-state index in [0.717, 1.165) is 12.8 Å². The van der Waals surface area contributed by atoms with Crippen molar-refractivity contribution in [2.45, 2.75) is 19.8 Å². The van der Waals surface area contributed by atoms with E-state index < -0.39 is 5.91 Å². The molecule has 0 radical (unpaired) electrons. The number of imide groups is 1. The molecule has 0 bridgehead atoms. The molecule has 1 aliphatic heterocycles. The van der Waals surface area contributed by atoms with Crippen molar-refractivity contribution in [1.29, 1.82) is 0 Å². The third-order valence-electron chi connectivity index (χ3n) is 4.74. The number of nitrogens with one attached hydrogen (secondary N) is 1. The van der Waals surface area contributed by atoms with E-state index in [1.165, 1.54) is 28.0 Å². The Hall–Kier alpha value is -3.48. The summed E-state index contributed by atoms with van der Waals surface area (Å²) in [7, 11) is 3.31. The minimum absolute atomic E-state index is 0.171. The van der Waals surface area contributed by atoms with E-state index in [4.69, 9.17) is 0 Å². The Morgan fingerprint density at radius 2 is 1.69 bits per heavy atom. The quantitative estimate of drug-likeness (QED) is 0.765. The standard InChI is InChI=1S/C22H23N3O4/c1-4-5-11-25-21(28)17-10-9-14(13-18(17)22(25)29)19(26)23-16-8-6-7-15(12-16)20(27)24(2)3/h6-10,12-13H,4-5,11H2,1-3H3,(H,23,26). The average Bonchev–Trinajstić information content (AvgIpc) is 2.95. The summed E-state index contributed by atoms with van der Waals surface area (Å²) in [5.74, 6) is -1.28. The number of hydrogen-bond acceptors (Lipinski definition) is 4. The van der Waals surface area contributed by atoms with E-state index in [2.05, 4.69) is 5.32 Å². The molecule has 0 saturated heterocycles. The average molecular weight is 393 g/mol. The van der Waals surface area contributed by atoms with Gasteiger partial charge in [0.25, 0.3) is 23.6 Å². The summed E-state index contributed by atoms with van der Waals surface area (Å²) in [6.07, 6.45) is 1.61. The Morgan fingerprint density at radius 3 is 2.38 bits per heavy atom. The van der Waals surface area contributed by atoms with E-state index in [1.54, 1.807) is 38.4 Å². The summed E-state index contributed by atoms with van der Waals surface area (Å²) in [5.41, 5.74) is 1.76. The molecule has 4 amide bonds. The number of carbonyl (C=O) groups is 4. The van der Waals surface area contributed by atoms with Gasteiger partial charge in [0.2, 0.25) is 0 Å². The first-order valence-electron chi connectivity index (χ1n) is 9.46. The number of hydrogen-bond donors (Lipinski definition) is 1. The highest BCUT2D eigenvalue weighted by atomic mass is 16.2. The number of fused-ring (bicyclic) bond motifs is 1. The Morgan fingerprint density at radius 1 is 0.966 bits per heavy atom. The molecule has 1 aliphatic rings. The molecule has 0 fully saturated rings. The summed E-state index contributed by atoms with van der Waals surface area (Å²) in [5, 5.41) is 2.74. The number of anilines is 1. The number of amides is 4. The monoisotopic (exact) mass is 393 g/mol. The molecular weight excluding hydrogens is 370 g/mol. The van der Waals surface area contributed by atoms with E-state index in [-0.39, 0.29) is 28.8 Å². The van der Waals surface area contributed by atoms with E-state index in [9.17, 15) is 19.2 Å². The van der Waals surface area contributed by atoms with Crippen LogP contribution in [0.3, 0.4) is 0 Å². The summed E-state index contributed by atoms with van der Waals surface area (Å²) in [4.78, 5) is 52.4. The number of benzene rings is 2. The van der Waals surface area contributed by atoms with Crippen molar-refractivity contribution in [3.05, 3.63) is 64.7 Å². The van der Waals surface area contributed by atoms with Crippen LogP contribution < -0.4 is 5.32 Å². The van der Waals surface area contributed by atoms with Gasteiger partial charge in [-0.15, -0.1) is 0 Å². The van der Waals surface area contributed by atoms with Gasteiger partial charge in [-0.05, 0) is 42.8 Å². The molecule has 0 spiro atoms. The normalized spacial score (nSPS) is 12.7. The second-order valence-corrected chi connectivity index (χ2v) is 7.11. The molecule has 150 valence electrons. The highest BCUT2D eigenvalue weighted by Gasteiger charge is 2.35. The van der Waals surface area contributed by atoms with Crippen molar-refractivity contribution in [1.82, 2.24) is 9.80 Å². The van der Waals surface area contributed by atoms with Gasteiger partial charge in [0.1, 0.15) is 0 Å². The Labute approximate surface area is 169 Å². The van der Waals surface area contributed by atoms with Gasteiger partial charge in [0, 0.05) is 37.5 Å². The highest BCUT2D eigenvalue weighted by molar-refractivity contribution is 6.22. The van der Waals surface area contributed by atoms with Gasteiger partial charge in [-0.1, -0.05) is 19.4 Å². The predicted molar refractivity (Wildman–Crippen MR) is 109 cm³/mol. The molecule has 29 heavy (non-hydrogen) atoms. The van der Waals surface area contributed by atoms with Gasteiger partial charge in [0.15, 0.2) is 0 Å². The fraction of sp³-hybridized carbons (Fsp3) is 0.273. The number of carbonyl (C=O) groups excluding carboxylic acids is 4. The fourth-order valence-corrected chi connectivity index (χ4v) is 3.14. The Bertz CT molecular complexity index is 997. The van der Waals surface area contributed by atoms with Crippen molar-refractivity contribution >= 4 is 29.3 Å². The van der Waals surface area contributed by atoms with Crippen molar-refractivity contribution in [2.75, 3.05) is 26.0 Å². The first-order valence-corrected chi connectivity index (χ1v) is 9.46. The van der Waals surface area contributed by atoms with Crippen molar-refractivity contribution < 1.29 is 19.2 Å². The van der Waals surface area contributed by atoms with Crippen LogP contribution in [0.15, 0.2) is 42.5 Å². The fourth-order valence-electron chi connectivity index (χ4n) is 3.14. The molecule has 2 aromatic carbocycles. The van der Waals surface area contributed by atoms with Crippen LogP contribution in [0.2, 0.25) is 0 Å². The second-order valence-electron chi connectivity index (χ2n) is 7.11. The Kier molecular flexibility index (Phi) is 5.77. The molecule has 3 rings (SSSR count). The predicted octanol–water partition coefficient (Wildman–Crippen LogP) is 3.04. The van der Waals surface area contributed by atoms with Gasteiger partial charge in [-0.25, -0.2) is 0 Å². The first kappa shape index (κ1) is 20.3. The zero-order valence-corrected chi connectivity index (χ0v) is 16.7. The molecule has 7 heteroatoms. The summed E-state index contributed by atoms with van der Waals surface area (Å²) < 4.78 is 0. The van der Waals surface area contributed by atoms with Crippen molar-refractivity contribution in [3.8, 4) is 0 Å². The maximum absolute atomic E-state index is 12.7. The number of unbranched alkanes of at least 4 members (excludes halogenated alkanes) is 1. The molecule has 1 N–H and O–H groups in total. The van der Waals surface area contributed by atoms with Crippen LogP contribution in [0.25, 0.3) is 0 Å². The lowest BCUT2D eigenvalue weighted by atomic mass is 10.1. The topological polar surface area (TPSA) is 86.8 Å². The largest absolute Gasteiger partial charge is 0.345 e. The van der Waals surface area contributed by atoms with Crippen LogP contribution >= 0.6 is 0 Å². The van der Waals surface area contributed by atoms with Crippen LogP contribution in [0.1, 0.15) is 61.2 Å². The molecule has 0 aromatic heterocycles. The third kappa shape index (κ3) is 4.03. The maximum Gasteiger partial charge on any atom is 0.261 e. The van der Waals surface area contributed by atoms with Crippen molar-refractivity contribution in [3.63, 3.8) is 0 Å². The first-order chi connectivity index (χ1) is 13.8. The van der Waals surface area contributed by atoms with Gasteiger partial charge < -0.3 is 10.2 Å². The molecule has 7 nitrogen and oxygen atoms in total. The van der Waals surface area contributed by atoms with Crippen LogP contribution in [-0.2, 0) is 0 Å². The number of nitrogens with zero attached hydrogens (tertiary/aromatic N) is 2. The maximum atomic E-state index is 12.7. The van der Waals surface area contributed by atoms with Gasteiger partial charge >= 0.3 is 0 Å². The van der Waals surface area contributed by atoms with Crippen LogP contribution in [-0.4, -0.2) is 54.1 Å². The highest BCUT2D eigenvalue weighted by Crippen LogP contribution is 2.25. The summed E-state index contributed by atoms with van der Waals surface area (Å²) >= 11 is 0. The zero-order valence-electron chi connectivity index (χ0n) is 16.7. The lowest BCUT2D eigenvalue weighted by molar-refractivity contribution is 0.0651. The minimum atomic E-state index is -0.422. The molecular formula is C22H23N3O4. The minimum Gasteiger partial charge on any atom is -0.345 e. The molecule has 0 saturated carbocycles. The smallest absolute Gasteiger partial charge is 0.261 e. The second kappa shape index (κ2) is 8.26. The molecule has 1 heterocycles. The van der Waals surface area contributed by atoms with Crippen molar-refractivity contribution in [2.24, 2.45) is 0 Å². The van der Waals surface area contributed by atoms with Crippen LogP contribution in [0.4, 0.5) is 5.69 Å². The Balaban J connectivity index is 1.80. The van der Waals surface area contributed by atoms with Gasteiger partial charge in [-0.2, -0.15) is 0 Å². The lowest BCUT2D eigenvalue weighted by Crippen LogP contribution is -2.30. The third-order valence-corrected chi connectivity index (χ3v) is 4.74. The SMILES string of the molecule is CCCCN1C(=O)c2ccc(C(=O)Nc3cccc(C(=O)N(C)C)c3)cc2C1=O. The summed E-state index contributed by atoms with van der Waals surface area (Å²) in [6, 6.07) is 11.1. The summed E-state index contributed by atoms with van der Waals surface area (Å²) in [6.45, 7) is 2.36. The molecule has 0 aliphatic carbocycles. The van der Waals surface area contributed by atoms with Crippen LogP contribution in [0, 0.1) is 0 Å². The zero-order chi connectivity index (χ0) is 21.1. The van der Waals surface area contributed by atoms with Gasteiger partial charge in [0.05, 0.1) is 11.1 Å². The van der Waals surface area contributed by atoms with E-state index >= 15 is 0 Å². The van der Waals surface area contributed by atoms with E-state index in [0.29, 0.717) is 23.4 Å². The number of rotatable bonds is 6. The molecule has 2 aromatic rings. The molecule has 0 unspecified atom stereocenters. The van der Waals surface area contributed by atoms with E-state index in [1.807, 2.05) is 6.92 Å².